The summed E-state index contributed by atoms with van der Waals surface area (Å²) >= 11 is 2.91. The molecule has 1 aliphatic rings. The standard InChI is InChI=1S/C6H11N.5CO.Cr/c1-7-5-3-2-4-6-7;5*1-2;/h1H,2-6H2;;;;;;. The van der Waals surface area contributed by atoms with Crippen LogP contribution in [0.2, 0.25) is 0 Å². The number of hydrogen-bond acceptors (Lipinski definition) is 1. The van der Waals surface area contributed by atoms with Gasteiger partial charge in [0.25, 0.3) is 0 Å². The third-order valence-electron chi connectivity index (χ3n) is 1.54. The van der Waals surface area contributed by atoms with Crippen LogP contribution in [0.15, 0.2) is 0 Å². The molecule has 0 radical (unpaired) electrons. The van der Waals surface area contributed by atoms with E-state index in [1.165, 1.54) is 32.4 Å². The van der Waals surface area contributed by atoms with Crippen molar-refractivity contribution >= 4 is 5.01 Å². The van der Waals surface area contributed by atoms with Gasteiger partial charge in [-0.25, -0.2) is 0 Å². The predicted molar refractivity (Wildman–Crippen MR) is 51.1 cm³/mol. The predicted octanol–water partition coefficient (Wildman–Crippen LogP) is 0.591. The summed E-state index contributed by atoms with van der Waals surface area (Å²) in [6.45, 7) is 25.0. The first kappa shape index (κ1) is 30.3. The minimum absolute atomic E-state index is 1.26. The van der Waals surface area contributed by atoms with Crippen LogP contribution in [0.3, 0.4) is 0 Å². The van der Waals surface area contributed by atoms with Gasteiger partial charge >= 0.3 is 115 Å². The maximum absolute atomic E-state index is 7.50. The van der Waals surface area contributed by atoms with Gasteiger partial charge in [0, 0.05) is 0 Å². The summed E-state index contributed by atoms with van der Waals surface area (Å²) in [5.41, 5.74) is 0. The number of piperidine rings is 1. The van der Waals surface area contributed by atoms with E-state index >= 15 is 0 Å². The van der Waals surface area contributed by atoms with Gasteiger partial charge in [-0.1, -0.05) is 0 Å². The molecule has 1 fully saturated rings. The molecular weight excluding hydrogens is 278 g/mol. The van der Waals surface area contributed by atoms with E-state index in [1.807, 2.05) is 0 Å². The zero-order valence-corrected chi connectivity index (χ0v) is 10.8. The number of rotatable bonds is 1. The average Bonchev–Trinajstić information content (AvgIpc) is 2.57. The molecule has 0 aromatic carbocycles. The summed E-state index contributed by atoms with van der Waals surface area (Å²) < 4.78 is 37.5. The minimum atomic E-state index is 1.26. The van der Waals surface area contributed by atoms with Crippen LogP contribution in [-0.2, 0) is 39.1 Å². The zero-order chi connectivity index (χ0) is 15.8. The molecule has 0 saturated carbocycles. The Kier molecular flexibility index (Phi) is 94.2. The second-order valence-electron chi connectivity index (χ2n) is 2.20. The first-order valence-electron chi connectivity index (χ1n) is 4.15. The summed E-state index contributed by atoms with van der Waals surface area (Å²) in [5.74, 6) is 0. The summed E-state index contributed by atoms with van der Waals surface area (Å²) in [7, 11) is 0. The number of nitrogens with zero attached hydrogens (tertiary/aromatic N) is 1. The topological polar surface area (TPSA) is 103 Å². The van der Waals surface area contributed by atoms with E-state index in [-0.39, 0.29) is 0 Å². The number of hydrogen-bond donors (Lipinski definition) is 0. The molecule has 1 aliphatic heterocycles. The first-order valence-corrected chi connectivity index (χ1v) is 4.88. The second kappa shape index (κ2) is 56.1. The Hall–Kier alpha value is -0.938. The van der Waals surface area contributed by atoms with Crippen molar-refractivity contribution in [2.45, 2.75) is 19.3 Å². The van der Waals surface area contributed by atoms with Crippen LogP contribution in [0.25, 0.3) is 0 Å². The van der Waals surface area contributed by atoms with E-state index in [0.717, 1.165) is 0 Å². The van der Waals surface area contributed by atoms with E-state index in [9.17, 15) is 0 Å². The van der Waals surface area contributed by atoms with Gasteiger partial charge in [0.05, 0.1) is 0 Å². The van der Waals surface area contributed by atoms with E-state index in [4.69, 9.17) is 23.3 Å². The van der Waals surface area contributed by atoms with Crippen LogP contribution in [0, 0.1) is 33.3 Å². The first-order chi connectivity index (χ1) is 8.93. The summed E-state index contributed by atoms with van der Waals surface area (Å²) in [6, 6.07) is 0. The van der Waals surface area contributed by atoms with Crippen molar-refractivity contribution in [3.8, 4) is 0 Å². The Labute approximate surface area is 115 Å². The van der Waals surface area contributed by atoms with Crippen molar-refractivity contribution in [3.63, 3.8) is 0 Å². The van der Waals surface area contributed by atoms with E-state index in [0.29, 0.717) is 0 Å². The normalized spacial score (nSPS) is 10.8. The Bertz CT molecular complexity index is 203. The average molecular weight is 289 g/mol. The van der Waals surface area contributed by atoms with Crippen LogP contribution in [0.5, 0.6) is 0 Å². The van der Waals surface area contributed by atoms with Crippen molar-refractivity contribution in [1.82, 2.24) is 4.90 Å². The van der Waals surface area contributed by atoms with Crippen molar-refractivity contribution in [1.29, 1.82) is 0 Å². The molecule has 0 amide bonds. The quantitative estimate of drug-likeness (QED) is 0.511. The van der Waals surface area contributed by atoms with Crippen molar-refractivity contribution < 1.29 is 39.1 Å². The fraction of sp³-hybridized carbons (Fsp3) is 0.455. The molecule has 0 aliphatic carbocycles. The molecular formula is C11H11CrNO5. The molecule has 0 N–H and O–H groups in total. The monoisotopic (exact) mass is 289 g/mol. The van der Waals surface area contributed by atoms with E-state index in [2.05, 4.69) is 59.0 Å². The van der Waals surface area contributed by atoms with Gasteiger partial charge in [0.15, 0.2) is 0 Å². The van der Waals surface area contributed by atoms with Crippen LogP contribution in [0.1, 0.15) is 19.3 Å². The molecule has 18 heavy (non-hydrogen) atoms. The Balaban J connectivity index is -0.0000000482. The van der Waals surface area contributed by atoms with Gasteiger partial charge in [-0.2, -0.15) is 0 Å². The van der Waals surface area contributed by atoms with Gasteiger partial charge in [-0.3, -0.25) is 0 Å². The molecule has 0 bridgehead atoms. The Morgan fingerprint density at radius 1 is 0.667 bits per heavy atom. The fourth-order valence-corrected chi connectivity index (χ4v) is 1.35. The van der Waals surface area contributed by atoms with Crippen molar-refractivity contribution in [3.05, 3.63) is 33.3 Å². The third kappa shape index (κ3) is 36.3. The molecule has 0 spiro atoms. The molecule has 96 valence electrons. The Morgan fingerprint density at radius 2 is 0.944 bits per heavy atom. The molecule has 1 heterocycles. The molecule has 0 aromatic rings. The van der Waals surface area contributed by atoms with Gasteiger partial charge < -0.3 is 0 Å². The molecule has 6 nitrogen and oxygen atoms in total. The second-order valence-corrected chi connectivity index (χ2v) is 2.53. The molecule has 7 heteroatoms. The maximum atomic E-state index is 7.50. The van der Waals surface area contributed by atoms with Gasteiger partial charge in [0.1, 0.15) is 0 Å². The van der Waals surface area contributed by atoms with Crippen LogP contribution >= 0.6 is 0 Å². The summed E-state index contributed by atoms with van der Waals surface area (Å²) in [4.78, 5) is 2.34. The SMILES string of the molecule is [C-]#[O+].[C-]#[O+].[C-]#[O+].[C-]#[O+].[C-]#[O+].[Cr]=[CH]N1CCCCC1. The zero-order valence-electron chi connectivity index (χ0n) is 9.51. The molecule has 0 atom stereocenters. The molecule has 1 saturated heterocycles. The summed E-state index contributed by atoms with van der Waals surface area (Å²) in [5, 5.41) is 2.07. The molecule has 0 unspecified atom stereocenters. The van der Waals surface area contributed by atoms with Crippen LogP contribution in [0.4, 0.5) is 0 Å². The summed E-state index contributed by atoms with van der Waals surface area (Å²) in [6.07, 6.45) is 4.17. The van der Waals surface area contributed by atoms with E-state index < -0.39 is 0 Å². The molecule has 0 aromatic heterocycles. The van der Waals surface area contributed by atoms with Crippen molar-refractivity contribution in [2.75, 3.05) is 13.1 Å². The van der Waals surface area contributed by atoms with Crippen molar-refractivity contribution in [2.24, 2.45) is 0 Å². The van der Waals surface area contributed by atoms with Gasteiger partial charge in [0.2, 0.25) is 0 Å². The molecule has 1 rings (SSSR count). The van der Waals surface area contributed by atoms with E-state index in [1.54, 1.807) is 0 Å². The van der Waals surface area contributed by atoms with Crippen LogP contribution < -0.4 is 0 Å². The number of likely N-dealkylation sites (tertiary alicyclic amines) is 1. The van der Waals surface area contributed by atoms with Crippen LogP contribution in [-0.4, -0.2) is 23.0 Å². The van der Waals surface area contributed by atoms with Gasteiger partial charge in [-0.05, 0) is 0 Å². The third-order valence-corrected chi connectivity index (χ3v) is 2.01. The Morgan fingerprint density at radius 3 is 1.11 bits per heavy atom. The van der Waals surface area contributed by atoms with Gasteiger partial charge in [-0.15, -0.1) is 0 Å². The fourth-order valence-electron chi connectivity index (χ4n) is 1.02.